The Morgan fingerprint density at radius 1 is 1.12 bits per heavy atom. The van der Waals surface area contributed by atoms with Crippen molar-refractivity contribution >= 4 is 5.57 Å². The summed E-state index contributed by atoms with van der Waals surface area (Å²) in [6.07, 6.45) is 7.65. The Kier molecular flexibility index (Phi) is 4.74. The van der Waals surface area contributed by atoms with Crippen molar-refractivity contribution in [3.8, 4) is 0 Å². The number of benzene rings is 1. The molecule has 1 rings (SSSR count). The smallest absolute Gasteiger partial charge is 0.0132 e. The third-order valence-electron chi connectivity index (χ3n) is 2.93. The summed E-state index contributed by atoms with van der Waals surface area (Å²) >= 11 is 0. The average molecular weight is 228 g/mol. The van der Waals surface area contributed by atoms with Crippen LogP contribution in [0.1, 0.15) is 52.2 Å². The van der Waals surface area contributed by atoms with Gasteiger partial charge in [-0.25, -0.2) is 0 Å². The molecule has 17 heavy (non-hydrogen) atoms. The third-order valence-corrected chi connectivity index (χ3v) is 2.93. The molecule has 0 heterocycles. The van der Waals surface area contributed by atoms with E-state index in [0.717, 1.165) is 6.42 Å². The van der Waals surface area contributed by atoms with Crippen LogP contribution >= 0.6 is 0 Å². The Morgan fingerprint density at radius 2 is 1.71 bits per heavy atom. The maximum atomic E-state index is 2.25. The molecule has 0 nitrogen and oxygen atoms in total. The molecule has 0 unspecified atom stereocenters. The van der Waals surface area contributed by atoms with Gasteiger partial charge in [0.1, 0.15) is 0 Å². The Labute approximate surface area is 106 Å². The van der Waals surface area contributed by atoms with Crippen LogP contribution < -0.4 is 0 Å². The second-order valence-electron chi connectivity index (χ2n) is 5.38. The lowest BCUT2D eigenvalue weighted by atomic mass is 9.86. The maximum absolute atomic E-state index is 2.25. The van der Waals surface area contributed by atoms with Crippen LogP contribution in [-0.2, 0) is 5.41 Å². The molecule has 0 aliphatic rings. The highest BCUT2D eigenvalue weighted by molar-refractivity contribution is 5.73. The third kappa shape index (κ3) is 3.89. The van der Waals surface area contributed by atoms with Gasteiger partial charge in [0.2, 0.25) is 0 Å². The minimum absolute atomic E-state index is 0.230. The minimum atomic E-state index is 0.230. The summed E-state index contributed by atoms with van der Waals surface area (Å²) < 4.78 is 0. The number of allylic oxidation sites excluding steroid dienone is 4. The second-order valence-corrected chi connectivity index (χ2v) is 5.38. The fourth-order valence-electron chi connectivity index (χ4n) is 1.77. The predicted octanol–water partition coefficient (Wildman–Crippen LogP) is 5.35. The molecule has 0 aliphatic heterocycles. The standard InChI is InChI=1S/C17H24/c1-6-8-9-14(7-2)15-10-12-16(13-11-15)17(3,4)5/h7-13H,6H2,1-5H3/b9-8-,14-7+. The lowest BCUT2D eigenvalue weighted by Gasteiger charge is -2.19. The van der Waals surface area contributed by atoms with Crippen LogP contribution in [-0.4, -0.2) is 0 Å². The Balaban J connectivity index is 2.98. The number of rotatable bonds is 3. The van der Waals surface area contributed by atoms with E-state index in [1.807, 2.05) is 0 Å². The van der Waals surface area contributed by atoms with Gasteiger partial charge >= 0.3 is 0 Å². The van der Waals surface area contributed by atoms with E-state index < -0.39 is 0 Å². The summed E-state index contributed by atoms with van der Waals surface area (Å²) in [6.45, 7) is 11.0. The van der Waals surface area contributed by atoms with E-state index in [0.29, 0.717) is 0 Å². The molecule has 0 heteroatoms. The molecule has 0 aromatic heterocycles. The molecule has 0 saturated heterocycles. The van der Waals surface area contributed by atoms with E-state index in [4.69, 9.17) is 0 Å². The fraction of sp³-hybridized carbons (Fsp3) is 0.412. The van der Waals surface area contributed by atoms with Gasteiger partial charge in [0.05, 0.1) is 0 Å². The summed E-state index contributed by atoms with van der Waals surface area (Å²) in [4.78, 5) is 0. The van der Waals surface area contributed by atoms with Gasteiger partial charge in [-0.15, -0.1) is 0 Å². The monoisotopic (exact) mass is 228 g/mol. The highest BCUT2D eigenvalue weighted by Crippen LogP contribution is 2.24. The van der Waals surface area contributed by atoms with Crippen LogP contribution in [0.15, 0.2) is 42.5 Å². The van der Waals surface area contributed by atoms with Crippen molar-refractivity contribution < 1.29 is 0 Å². The Bertz CT molecular complexity index is 397. The molecule has 0 spiro atoms. The molecule has 0 atom stereocenters. The van der Waals surface area contributed by atoms with Crippen molar-refractivity contribution in [2.45, 2.75) is 46.5 Å². The van der Waals surface area contributed by atoms with Crippen molar-refractivity contribution in [2.75, 3.05) is 0 Å². The van der Waals surface area contributed by atoms with Crippen LogP contribution in [0.4, 0.5) is 0 Å². The predicted molar refractivity (Wildman–Crippen MR) is 78.2 cm³/mol. The van der Waals surface area contributed by atoms with Crippen molar-refractivity contribution in [3.05, 3.63) is 53.6 Å². The molecule has 0 radical (unpaired) electrons. The summed E-state index contributed by atoms with van der Waals surface area (Å²) in [5.41, 5.74) is 4.21. The van der Waals surface area contributed by atoms with E-state index in [1.54, 1.807) is 0 Å². The highest BCUT2D eigenvalue weighted by Gasteiger charge is 2.12. The maximum Gasteiger partial charge on any atom is -0.0132 e. The normalized spacial score (nSPS) is 13.4. The zero-order valence-corrected chi connectivity index (χ0v) is 11.7. The van der Waals surface area contributed by atoms with Gasteiger partial charge in [-0.05, 0) is 35.5 Å². The molecule has 0 aliphatic carbocycles. The quantitative estimate of drug-likeness (QED) is 0.611. The molecule has 0 bridgehead atoms. The molecular formula is C17H24. The highest BCUT2D eigenvalue weighted by atomic mass is 14.2. The summed E-state index contributed by atoms with van der Waals surface area (Å²) in [7, 11) is 0. The largest absolute Gasteiger partial charge is 0.0842 e. The lowest BCUT2D eigenvalue weighted by Crippen LogP contribution is -2.10. The van der Waals surface area contributed by atoms with Crippen LogP contribution in [0.2, 0.25) is 0 Å². The molecule has 1 aromatic carbocycles. The number of hydrogen-bond donors (Lipinski definition) is 0. The number of hydrogen-bond acceptors (Lipinski definition) is 0. The van der Waals surface area contributed by atoms with Crippen LogP contribution in [0, 0.1) is 0 Å². The first-order chi connectivity index (χ1) is 7.99. The Morgan fingerprint density at radius 3 is 2.12 bits per heavy atom. The second kappa shape index (κ2) is 5.86. The summed E-state index contributed by atoms with van der Waals surface area (Å²) in [6, 6.07) is 8.91. The molecule has 92 valence electrons. The van der Waals surface area contributed by atoms with Gasteiger partial charge < -0.3 is 0 Å². The van der Waals surface area contributed by atoms with Gasteiger partial charge in [-0.3, -0.25) is 0 Å². The van der Waals surface area contributed by atoms with E-state index >= 15 is 0 Å². The van der Waals surface area contributed by atoms with Crippen LogP contribution in [0.25, 0.3) is 5.57 Å². The lowest BCUT2D eigenvalue weighted by molar-refractivity contribution is 0.590. The minimum Gasteiger partial charge on any atom is -0.0842 e. The van der Waals surface area contributed by atoms with Crippen molar-refractivity contribution in [1.29, 1.82) is 0 Å². The van der Waals surface area contributed by atoms with E-state index in [2.05, 4.69) is 77.1 Å². The van der Waals surface area contributed by atoms with E-state index in [9.17, 15) is 0 Å². The molecule has 0 amide bonds. The van der Waals surface area contributed by atoms with Gasteiger partial charge in [-0.1, -0.05) is 70.2 Å². The zero-order valence-electron chi connectivity index (χ0n) is 11.7. The Hall–Kier alpha value is -1.30. The van der Waals surface area contributed by atoms with Gasteiger partial charge in [0.25, 0.3) is 0 Å². The van der Waals surface area contributed by atoms with Crippen molar-refractivity contribution in [1.82, 2.24) is 0 Å². The van der Waals surface area contributed by atoms with Crippen molar-refractivity contribution in [3.63, 3.8) is 0 Å². The zero-order chi connectivity index (χ0) is 12.9. The van der Waals surface area contributed by atoms with Crippen molar-refractivity contribution in [2.24, 2.45) is 0 Å². The average Bonchev–Trinajstić information content (AvgIpc) is 2.29. The first-order valence-corrected chi connectivity index (χ1v) is 6.42. The molecule has 1 aromatic rings. The summed E-state index contributed by atoms with van der Waals surface area (Å²) in [5.74, 6) is 0. The first-order valence-electron chi connectivity index (χ1n) is 6.42. The van der Waals surface area contributed by atoms with E-state index in [-0.39, 0.29) is 5.41 Å². The SMILES string of the molecule is C/C=C(\C=C/CC)c1ccc(C(C)(C)C)cc1. The van der Waals surface area contributed by atoms with Crippen LogP contribution in [0.3, 0.4) is 0 Å². The fourth-order valence-corrected chi connectivity index (χ4v) is 1.77. The molecule has 0 fully saturated rings. The van der Waals surface area contributed by atoms with E-state index in [1.165, 1.54) is 16.7 Å². The topological polar surface area (TPSA) is 0 Å². The first kappa shape index (κ1) is 13.8. The molecule has 0 saturated carbocycles. The van der Waals surface area contributed by atoms with Gasteiger partial charge in [0.15, 0.2) is 0 Å². The van der Waals surface area contributed by atoms with Crippen LogP contribution in [0.5, 0.6) is 0 Å². The van der Waals surface area contributed by atoms with Gasteiger partial charge in [0, 0.05) is 0 Å². The van der Waals surface area contributed by atoms with Gasteiger partial charge in [-0.2, -0.15) is 0 Å². The molecule has 0 N–H and O–H groups in total. The molecular weight excluding hydrogens is 204 g/mol. The summed E-state index contributed by atoms with van der Waals surface area (Å²) in [5, 5.41) is 0.